The minimum absolute atomic E-state index is 0.150. The van der Waals surface area contributed by atoms with Crippen LogP contribution in [0.3, 0.4) is 0 Å². The summed E-state index contributed by atoms with van der Waals surface area (Å²) in [6.45, 7) is 1.88. The van der Waals surface area contributed by atoms with E-state index in [0.29, 0.717) is 11.3 Å². The number of rotatable bonds is 2. The molecule has 1 heterocycles. The molecule has 1 aliphatic rings. The molecule has 0 radical (unpaired) electrons. The standard InChI is InChI=1S/C16H17ClN2O2/c1-10-6-2-5-9-12(10)19-15(20)13(11-7-3-4-8-11)14(17)18-16(19)21/h2,5-6,9,11H,3-4,7-8H2,1H3,(H,18,21). The van der Waals surface area contributed by atoms with Crippen molar-refractivity contribution in [2.24, 2.45) is 0 Å². The molecule has 1 aromatic heterocycles. The Bertz CT molecular complexity index is 786. The molecule has 1 fully saturated rings. The molecule has 110 valence electrons. The van der Waals surface area contributed by atoms with Crippen LogP contribution >= 0.6 is 11.6 Å². The van der Waals surface area contributed by atoms with Crippen molar-refractivity contribution in [2.75, 3.05) is 0 Å². The molecule has 0 saturated heterocycles. The number of halogens is 1. The zero-order chi connectivity index (χ0) is 15.0. The fourth-order valence-corrected chi connectivity index (χ4v) is 3.44. The highest BCUT2D eigenvalue weighted by atomic mass is 35.5. The summed E-state index contributed by atoms with van der Waals surface area (Å²) >= 11 is 6.15. The molecule has 21 heavy (non-hydrogen) atoms. The number of aromatic amines is 1. The summed E-state index contributed by atoms with van der Waals surface area (Å²) < 4.78 is 1.20. The normalized spacial score (nSPS) is 15.5. The van der Waals surface area contributed by atoms with Gasteiger partial charge in [-0.25, -0.2) is 9.36 Å². The van der Waals surface area contributed by atoms with Crippen molar-refractivity contribution in [3.05, 3.63) is 61.4 Å². The van der Waals surface area contributed by atoms with Crippen LogP contribution in [-0.4, -0.2) is 9.55 Å². The number of H-pyrrole nitrogens is 1. The highest BCUT2D eigenvalue weighted by Gasteiger charge is 2.25. The predicted octanol–water partition coefficient (Wildman–Crippen LogP) is 3.15. The van der Waals surface area contributed by atoms with Crippen LogP contribution in [0.2, 0.25) is 5.15 Å². The van der Waals surface area contributed by atoms with Gasteiger partial charge in [-0.1, -0.05) is 42.6 Å². The van der Waals surface area contributed by atoms with E-state index in [1.165, 1.54) is 4.57 Å². The molecule has 0 unspecified atom stereocenters. The Morgan fingerprint density at radius 2 is 1.86 bits per heavy atom. The van der Waals surface area contributed by atoms with Gasteiger partial charge in [0.05, 0.1) is 11.3 Å². The van der Waals surface area contributed by atoms with Crippen molar-refractivity contribution in [2.45, 2.75) is 38.5 Å². The number of aryl methyl sites for hydroxylation is 1. The van der Waals surface area contributed by atoms with Gasteiger partial charge in [-0.05, 0) is 37.3 Å². The monoisotopic (exact) mass is 304 g/mol. The van der Waals surface area contributed by atoms with Crippen LogP contribution in [0.1, 0.15) is 42.7 Å². The van der Waals surface area contributed by atoms with E-state index in [1.54, 1.807) is 6.07 Å². The van der Waals surface area contributed by atoms with Crippen LogP contribution in [0, 0.1) is 6.92 Å². The molecule has 1 aliphatic carbocycles. The summed E-state index contributed by atoms with van der Waals surface area (Å²) in [5, 5.41) is 0.196. The summed E-state index contributed by atoms with van der Waals surface area (Å²) in [7, 11) is 0. The van der Waals surface area contributed by atoms with E-state index < -0.39 is 5.69 Å². The molecule has 0 aliphatic heterocycles. The second kappa shape index (κ2) is 5.53. The van der Waals surface area contributed by atoms with Crippen LogP contribution < -0.4 is 11.2 Å². The Kier molecular flexibility index (Phi) is 3.72. The fraction of sp³-hybridized carbons (Fsp3) is 0.375. The molecule has 4 nitrogen and oxygen atoms in total. The predicted molar refractivity (Wildman–Crippen MR) is 83.6 cm³/mol. The molecular weight excluding hydrogens is 288 g/mol. The van der Waals surface area contributed by atoms with E-state index in [0.717, 1.165) is 31.2 Å². The third kappa shape index (κ3) is 2.44. The average molecular weight is 305 g/mol. The summed E-state index contributed by atoms with van der Waals surface area (Å²) in [6.07, 6.45) is 4.11. The van der Waals surface area contributed by atoms with Crippen LogP contribution in [0.15, 0.2) is 33.9 Å². The topological polar surface area (TPSA) is 54.9 Å². The first-order chi connectivity index (χ1) is 10.1. The van der Waals surface area contributed by atoms with Gasteiger partial charge in [-0.3, -0.25) is 9.78 Å². The van der Waals surface area contributed by atoms with Crippen molar-refractivity contribution < 1.29 is 0 Å². The van der Waals surface area contributed by atoms with Gasteiger partial charge in [0.1, 0.15) is 5.15 Å². The van der Waals surface area contributed by atoms with Crippen LogP contribution in [0.5, 0.6) is 0 Å². The maximum Gasteiger partial charge on any atom is 0.334 e. The van der Waals surface area contributed by atoms with E-state index in [-0.39, 0.29) is 16.6 Å². The van der Waals surface area contributed by atoms with Gasteiger partial charge < -0.3 is 0 Å². The van der Waals surface area contributed by atoms with Crippen molar-refractivity contribution in [1.82, 2.24) is 9.55 Å². The lowest BCUT2D eigenvalue weighted by Crippen LogP contribution is -2.37. The first-order valence-corrected chi connectivity index (χ1v) is 7.58. The van der Waals surface area contributed by atoms with Crippen LogP contribution in [0.4, 0.5) is 0 Å². The summed E-state index contributed by atoms with van der Waals surface area (Å²) in [5.74, 6) is 0.150. The Hall–Kier alpha value is -1.81. The number of benzene rings is 1. The molecule has 3 rings (SSSR count). The van der Waals surface area contributed by atoms with Crippen LogP contribution in [0.25, 0.3) is 5.69 Å². The molecule has 0 spiro atoms. The molecule has 1 saturated carbocycles. The minimum Gasteiger partial charge on any atom is -0.297 e. The number of hydrogen-bond acceptors (Lipinski definition) is 2. The van der Waals surface area contributed by atoms with Crippen molar-refractivity contribution in [3.8, 4) is 5.69 Å². The summed E-state index contributed by atoms with van der Waals surface area (Å²) in [4.78, 5) is 27.6. The van der Waals surface area contributed by atoms with Gasteiger partial charge in [0.2, 0.25) is 0 Å². The zero-order valence-electron chi connectivity index (χ0n) is 11.9. The lowest BCUT2D eigenvalue weighted by atomic mass is 10.0. The molecule has 2 aromatic rings. The first-order valence-electron chi connectivity index (χ1n) is 7.20. The van der Waals surface area contributed by atoms with Gasteiger partial charge in [-0.2, -0.15) is 0 Å². The number of para-hydroxylation sites is 1. The maximum absolute atomic E-state index is 12.8. The Labute approximate surface area is 127 Å². The maximum atomic E-state index is 12.8. The largest absolute Gasteiger partial charge is 0.334 e. The Morgan fingerprint density at radius 1 is 1.19 bits per heavy atom. The fourth-order valence-electron chi connectivity index (χ4n) is 3.13. The van der Waals surface area contributed by atoms with Gasteiger partial charge in [0.15, 0.2) is 0 Å². The van der Waals surface area contributed by atoms with E-state index in [1.807, 2.05) is 25.1 Å². The van der Waals surface area contributed by atoms with Gasteiger partial charge in [0.25, 0.3) is 5.56 Å². The van der Waals surface area contributed by atoms with E-state index in [2.05, 4.69) is 4.98 Å². The molecule has 1 N–H and O–H groups in total. The highest BCUT2D eigenvalue weighted by Crippen LogP contribution is 2.34. The number of aromatic nitrogens is 2. The number of hydrogen-bond donors (Lipinski definition) is 1. The van der Waals surface area contributed by atoms with Crippen LogP contribution in [-0.2, 0) is 0 Å². The van der Waals surface area contributed by atoms with Crippen molar-refractivity contribution >= 4 is 11.6 Å². The van der Waals surface area contributed by atoms with E-state index >= 15 is 0 Å². The smallest absolute Gasteiger partial charge is 0.297 e. The van der Waals surface area contributed by atoms with Gasteiger partial charge >= 0.3 is 5.69 Å². The number of nitrogens with zero attached hydrogens (tertiary/aromatic N) is 1. The van der Waals surface area contributed by atoms with E-state index in [9.17, 15) is 9.59 Å². The average Bonchev–Trinajstić information content (AvgIpc) is 2.94. The lowest BCUT2D eigenvalue weighted by Gasteiger charge is -2.14. The minimum atomic E-state index is -0.485. The first kappa shape index (κ1) is 14.1. The van der Waals surface area contributed by atoms with Gasteiger partial charge in [0, 0.05) is 0 Å². The summed E-state index contributed by atoms with van der Waals surface area (Å²) in [6, 6.07) is 7.35. The highest BCUT2D eigenvalue weighted by molar-refractivity contribution is 6.30. The molecular formula is C16H17ClN2O2. The second-order valence-electron chi connectivity index (χ2n) is 5.57. The van der Waals surface area contributed by atoms with E-state index in [4.69, 9.17) is 11.6 Å². The van der Waals surface area contributed by atoms with Crippen molar-refractivity contribution in [3.63, 3.8) is 0 Å². The molecule has 0 amide bonds. The molecule has 0 bridgehead atoms. The Balaban J connectivity index is 2.27. The Morgan fingerprint density at radius 3 is 2.52 bits per heavy atom. The third-order valence-electron chi connectivity index (χ3n) is 4.21. The quantitative estimate of drug-likeness (QED) is 0.867. The van der Waals surface area contributed by atoms with Gasteiger partial charge in [-0.15, -0.1) is 0 Å². The molecule has 5 heteroatoms. The lowest BCUT2D eigenvalue weighted by molar-refractivity contribution is 0.688. The molecule has 0 atom stereocenters. The summed E-state index contributed by atoms with van der Waals surface area (Å²) in [5.41, 5.74) is 1.27. The number of nitrogens with one attached hydrogen (secondary N) is 1. The SMILES string of the molecule is Cc1ccccc1-n1c(=O)[nH]c(Cl)c(C2CCCC2)c1=O. The third-order valence-corrected chi connectivity index (χ3v) is 4.51. The van der Waals surface area contributed by atoms with Crippen molar-refractivity contribution in [1.29, 1.82) is 0 Å². The molecule has 1 aromatic carbocycles. The zero-order valence-corrected chi connectivity index (χ0v) is 12.6. The second-order valence-corrected chi connectivity index (χ2v) is 5.94.